The Labute approximate surface area is 279 Å². The Morgan fingerprint density at radius 1 is 0.936 bits per heavy atom. The van der Waals surface area contributed by atoms with Gasteiger partial charge >= 0.3 is 11.9 Å². The first-order valence-electron chi connectivity index (χ1n) is 14.1. The van der Waals surface area contributed by atoms with E-state index in [-0.39, 0.29) is 30.2 Å². The van der Waals surface area contributed by atoms with Crippen molar-refractivity contribution in [3.05, 3.63) is 76.6 Å². The highest BCUT2D eigenvalue weighted by Crippen LogP contribution is 2.37. The van der Waals surface area contributed by atoms with Gasteiger partial charge in [0, 0.05) is 21.9 Å². The Kier molecular flexibility index (Phi) is 11.8. The summed E-state index contributed by atoms with van der Waals surface area (Å²) in [5, 5.41) is 21.0. The number of nitrogens with two attached hydrogens (primary N) is 3. The highest BCUT2D eigenvalue weighted by molar-refractivity contribution is 7.98. The number of nitriles is 2. The number of aromatic nitrogens is 2. The van der Waals surface area contributed by atoms with Crippen LogP contribution in [-0.4, -0.2) is 53.3 Å². The normalized spacial score (nSPS) is 12.7. The van der Waals surface area contributed by atoms with Crippen LogP contribution >= 0.6 is 23.4 Å². The molecule has 0 aliphatic rings. The van der Waals surface area contributed by atoms with Crippen LogP contribution in [0.1, 0.15) is 30.7 Å². The molecule has 4 aromatic rings. The summed E-state index contributed by atoms with van der Waals surface area (Å²) in [5.41, 5.74) is 19.7. The number of oxazole rings is 1. The SMILES string of the molecule is CC(N)C(=O)O[C@H](COC(=O)[C@H](C)N)COc1ccc(-c2c(C#N)c(N)nc(SCc3coc(-c4ccc(Cl)cc4)n3)c2C#N)cc1. The number of thioether (sulfide) groups is 1. The molecule has 0 saturated carbocycles. The Hall–Kier alpha value is -5.12. The number of carbonyl (C=O) groups excluding carboxylic acids is 2. The van der Waals surface area contributed by atoms with E-state index in [1.165, 1.54) is 31.9 Å². The Morgan fingerprint density at radius 2 is 1.57 bits per heavy atom. The van der Waals surface area contributed by atoms with Gasteiger partial charge in [0.2, 0.25) is 5.89 Å². The summed E-state index contributed by atoms with van der Waals surface area (Å²) >= 11 is 7.19. The molecule has 0 fully saturated rings. The lowest BCUT2D eigenvalue weighted by Gasteiger charge is -2.20. The molecule has 0 bridgehead atoms. The fourth-order valence-electron chi connectivity index (χ4n) is 4.03. The van der Waals surface area contributed by atoms with Gasteiger partial charge in [0.05, 0.1) is 11.3 Å². The minimum Gasteiger partial charge on any atom is -0.490 e. The van der Waals surface area contributed by atoms with Crippen molar-refractivity contribution < 1.29 is 28.2 Å². The maximum Gasteiger partial charge on any atom is 0.323 e. The number of halogens is 1. The van der Waals surface area contributed by atoms with Crippen molar-refractivity contribution in [3.8, 4) is 40.5 Å². The highest BCUT2D eigenvalue weighted by atomic mass is 35.5. The predicted octanol–water partition coefficient (Wildman–Crippen LogP) is 4.20. The van der Waals surface area contributed by atoms with Gasteiger partial charge in [-0.3, -0.25) is 9.59 Å². The standard InChI is InChI=1S/C32H30ClN7O6S/c1-17(36)31(41)45-15-24(46-32(42)18(2)37)14-43-23-9-5-19(6-10-23)27-25(11-34)28(38)40-30(26(27)12-35)47-16-22-13-44-29(39-22)20-3-7-21(33)8-4-20/h3-10,13,17-18,24H,14-16,36-37H2,1-2H3,(H2,38,40)/t17-,18?,24-/m0/s1. The quantitative estimate of drug-likeness (QED) is 0.133. The van der Waals surface area contributed by atoms with Crippen LogP contribution < -0.4 is 21.9 Å². The van der Waals surface area contributed by atoms with Crippen LogP contribution in [0.5, 0.6) is 5.75 Å². The summed E-state index contributed by atoms with van der Waals surface area (Å²) in [6, 6.07) is 16.0. The van der Waals surface area contributed by atoms with Gasteiger partial charge < -0.3 is 35.8 Å². The number of esters is 2. The number of nitrogens with zero attached hydrogens (tertiary/aromatic N) is 4. The molecular weight excluding hydrogens is 646 g/mol. The Bertz CT molecular complexity index is 1820. The maximum absolute atomic E-state index is 12.1. The minimum atomic E-state index is -0.960. The average Bonchev–Trinajstić information content (AvgIpc) is 3.54. The second-order valence-electron chi connectivity index (χ2n) is 10.2. The van der Waals surface area contributed by atoms with Crippen LogP contribution in [-0.2, 0) is 24.8 Å². The van der Waals surface area contributed by atoms with E-state index in [0.717, 1.165) is 5.56 Å². The lowest BCUT2D eigenvalue weighted by molar-refractivity contribution is -0.162. The van der Waals surface area contributed by atoms with Crippen LogP contribution in [0.15, 0.2) is 64.2 Å². The van der Waals surface area contributed by atoms with Gasteiger partial charge in [0.25, 0.3) is 0 Å². The molecule has 0 amide bonds. The third-order valence-corrected chi connectivity index (χ3v) is 7.69. The number of benzene rings is 2. The summed E-state index contributed by atoms with van der Waals surface area (Å²) in [6.45, 7) is 2.47. The van der Waals surface area contributed by atoms with Crippen molar-refractivity contribution in [2.75, 3.05) is 18.9 Å². The fraction of sp³-hybridized carbons (Fsp3) is 0.250. The van der Waals surface area contributed by atoms with E-state index in [2.05, 4.69) is 22.1 Å². The lowest BCUT2D eigenvalue weighted by atomic mass is 9.97. The molecule has 0 aliphatic carbocycles. The summed E-state index contributed by atoms with van der Waals surface area (Å²) < 4.78 is 21.8. The van der Waals surface area contributed by atoms with Crippen molar-refractivity contribution in [1.29, 1.82) is 10.5 Å². The van der Waals surface area contributed by atoms with Crippen molar-refractivity contribution in [2.24, 2.45) is 11.5 Å². The molecule has 47 heavy (non-hydrogen) atoms. The van der Waals surface area contributed by atoms with Crippen LogP contribution in [0, 0.1) is 22.7 Å². The number of nitrogen functional groups attached to an aromatic ring is 1. The van der Waals surface area contributed by atoms with E-state index in [1.807, 2.05) is 0 Å². The van der Waals surface area contributed by atoms with Gasteiger partial charge in [0.1, 0.15) is 65.9 Å². The Morgan fingerprint density at radius 3 is 2.19 bits per heavy atom. The van der Waals surface area contributed by atoms with Crippen LogP contribution in [0.3, 0.4) is 0 Å². The van der Waals surface area contributed by atoms with Gasteiger partial charge in [-0.25, -0.2) is 9.97 Å². The number of rotatable bonds is 13. The molecule has 0 spiro atoms. The molecule has 4 rings (SSSR count). The maximum atomic E-state index is 12.1. The molecule has 0 radical (unpaired) electrons. The van der Waals surface area contributed by atoms with Crippen LogP contribution in [0.25, 0.3) is 22.6 Å². The van der Waals surface area contributed by atoms with E-state index >= 15 is 0 Å². The number of anilines is 1. The van der Waals surface area contributed by atoms with E-state index in [9.17, 15) is 20.1 Å². The second kappa shape index (κ2) is 15.9. The number of hydrogen-bond donors (Lipinski definition) is 3. The summed E-state index contributed by atoms with van der Waals surface area (Å²) in [5.74, 6) is -0.316. The predicted molar refractivity (Wildman–Crippen MR) is 174 cm³/mol. The molecule has 0 aliphatic heterocycles. The monoisotopic (exact) mass is 675 g/mol. The van der Waals surface area contributed by atoms with E-state index in [1.54, 1.807) is 48.5 Å². The van der Waals surface area contributed by atoms with Gasteiger partial charge in [-0.05, 0) is 55.8 Å². The smallest absolute Gasteiger partial charge is 0.323 e. The number of ether oxygens (including phenoxy) is 3. The summed E-state index contributed by atoms with van der Waals surface area (Å²) in [7, 11) is 0. The second-order valence-corrected chi connectivity index (χ2v) is 11.6. The van der Waals surface area contributed by atoms with Gasteiger partial charge in [0.15, 0.2) is 6.10 Å². The molecule has 242 valence electrons. The molecule has 2 aromatic heterocycles. The van der Waals surface area contributed by atoms with Crippen molar-refractivity contribution in [3.63, 3.8) is 0 Å². The van der Waals surface area contributed by atoms with Crippen molar-refractivity contribution in [1.82, 2.24) is 9.97 Å². The van der Waals surface area contributed by atoms with Gasteiger partial charge in [-0.15, -0.1) is 0 Å². The molecule has 0 saturated heterocycles. The zero-order valence-corrected chi connectivity index (χ0v) is 26.9. The third-order valence-electron chi connectivity index (χ3n) is 6.43. The molecule has 1 unspecified atom stereocenters. The molecule has 13 nitrogen and oxygen atoms in total. The van der Waals surface area contributed by atoms with E-state index in [0.29, 0.717) is 44.3 Å². The van der Waals surface area contributed by atoms with Gasteiger partial charge in [-0.1, -0.05) is 35.5 Å². The first-order valence-corrected chi connectivity index (χ1v) is 15.4. The van der Waals surface area contributed by atoms with Crippen LogP contribution in [0.2, 0.25) is 5.02 Å². The molecule has 3 atom stereocenters. The lowest BCUT2D eigenvalue weighted by Crippen LogP contribution is -2.38. The largest absolute Gasteiger partial charge is 0.490 e. The van der Waals surface area contributed by atoms with Crippen molar-refractivity contribution >= 4 is 41.1 Å². The first kappa shape index (κ1) is 34.7. The molecule has 2 aromatic carbocycles. The molecular formula is C32H30ClN7O6S. The van der Waals surface area contributed by atoms with Crippen molar-refractivity contribution in [2.45, 2.75) is 42.8 Å². The van der Waals surface area contributed by atoms with Gasteiger partial charge in [-0.2, -0.15) is 10.5 Å². The first-order chi connectivity index (χ1) is 22.5. The molecule has 6 N–H and O–H groups in total. The fourth-order valence-corrected chi connectivity index (χ4v) is 5.03. The van der Waals surface area contributed by atoms with E-state index in [4.69, 9.17) is 47.4 Å². The topological polar surface area (TPSA) is 226 Å². The number of hydrogen-bond acceptors (Lipinski definition) is 14. The summed E-state index contributed by atoms with van der Waals surface area (Å²) in [6.07, 6.45) is 0.554. The Balaban J connectivity index is 1.52. The molecule has 2 heterocycles. The average molecular weight is 676 g/mol. The third kappa shape index (κ3) is 9.00. The molecule has 15 heteroatoms. The zero-order valence-electron chi connectivity index (χ0n) is 25.3. The number of carbonyl (C=O) groups is 2. The zero-order chi connectivity index (χ0) is 34.1. The highest BCUT2D eigenvalue weighted by Gasteiger charge is 2.23. The minimum absolute atomic E-state index is 0.0357. The summed E-state index contributed by atoms with van der Waals surface area (Å²) in [4.78, 5) is 32.7. The van der Waals surface area contributed by atoms with E-state index < -0.39 is 30.1 Å². The number of pyridine rings is 1. The van der Waals surface area contributed by atoms with Crippen LogP contribution in [0.4, 0.5) is 5.82 Å².